The molecule has 0 bridgehead atoms. The van der Waals surface area contributed by atoms with E-state index < -0.39 is 74.3 Å². The van der Waals surface area contributed by atoms with Gasteiger partial charge >= 0.3 is 6.09 Å². The fourth-order valence-corrected chi connectivity index (χ4v) is 8.21. The molecular weight excluding hydrogens is 682 g/mol. The van der Waals surface area contributed by atoms with Crippen LogP contribution >= 0.6 is 0 Å². The third-order valence-electron chi connectivity index (χ3n) is 10.3. The van der Waals surface area contributed by atoms with Crippen molar-refractivity contribution in [2.24, 2.45) is 5.92 Å². The normalized spacial score (nSPS) is 30.5. The van der Waals surface area contributed by atoms with Crippen molar-refractivity contribution in [3.63, 3.8) is 0 Å². The molecule has 6 rings (SSSR count). The molecule has 4 aliphatic rings. The Balaban J connectivity index is 1.34. The molecule has 1 aromatic heterocycles. The topological polar surface area (TPSA) is 203 Å². The zero-order chi connectivity index (χ0) is 36.7. The number of ether oxygens (including phenoxy) is 3. The number of rotatable bonds is 8. The molecule has 4 N–H and O–H groups in total. The van der Waals surface area contributed by atoms with Gasteiger partial charge in [0.2, 0.25) is 27.7 Å². The van der Waals surface area contributed by atoms with Gasteiger partial charge in [0.1, 0.15) is 29.5 Å². The number of amides is 4. The van der Waals surface area contributed by atoms with Crippen molar-refractivity contribution in [3.05, 3.63) is 42.6 Å². The Morgan fingerprint density at radius 2 is 1.90 bits per heavy atom. The number of aromatic nitrogens is 1. The predicted molar refractivity (Wildman–Crippen MR) is 184 cm³/mol. The van der Waals surface area contributed by atoms with Gasteiger partial charge in [0, 0.05) is 23.1 Å². The number of allylic oxidation sites excluding steroid dienone is 1. The average molecular weight is 728 g/mol. The number of nitrogens with zero attached hydrogens (tertiary/aromatic N) is 2. The lowest BCUT2D eigenvalue weighted by Gasteiger charge is -2.32. The molecule has 0 spiro atoms. The zero-order valence-electron chi connectivity index (χ0n) is 29.1. The number of carboxylic acid groups (broad SMARTS) is 1. The van der Waals surface area contributed by atoms with E-state index in [1.807, 2.05) is 44.2 Å². The number of sulfonamides is 1. The number of pyridine rings is 1. The number of carbonyl (C=O) groups is 4. The summed E-state index contributed by atoms with van der Waals surface area (Å²) in [4.78, 5) is 59.9. The molecule has 2 aromatic rings. The molecule has 51 heavy (non-hydrogen) atoms. The van der Waals surface area contributed by atoms with E-state index in [9.17, 15) is 32.7 Å². The van der Waals surface area contributed by atoms with Gasteiger partial charge < -0.3 is 34.9 Å². The van der Waals surface area contributed by atoms with Crippen LogP contribution in [0.3, 0.4) is 0 Å². The van der Waals surface area contributed by atoms with Gasteiger partial charge in [0.25, 0.3) is 5.91 Å². The smallest absolute Gasteiger partial charge is 0.405 e. The number of hydrogen-bond donors (Lipinski definition) is 4. The lowest BCUT2D eigenvalue weighted by Crippen LogP contribution is -2.60. The number of carbonyl (C=O) groups excluding carboxylic acids is 3. The third-order valence-corrected chi connectivity index (χ3v) is 12.5. The molecule has 15 nitrogen and oxygen atoms in total. The SMILES string of the molecule is CCOc1cnc(O[C@@H]2C[C@H]3C(=O)N[C@]4(C(=O)NS(=O)(=O)C5(C)CC5)C[C@H]4C=CCC[C@@H](C)O[C@@H](C)[C@H](NC(=O)O)C(=O)N3C2)c2ccccc12. The van der Waals surface area contributed by atoms with Crippen LogP contribution in [0.25, 0.3) is 10.8 Å². The Kier molecular flexibility index (Phi) is 9.94. The molecule has 1 saturated heterocycles. The van der Waals surface area contributed by atoms with Crippen molar-refractivity contribution < 1.29 is 46.9 Å². The van der Waals surface area contributed by atoms with E-state index in [0.717, 1.165) is 5.39 Å². The van der Waals surface area contributed by atoms with Crippen molar-refractivity contribution in [3.8, 4) is 11.6 Å². The molecule has 2 aliphatic carbocycles. The maximum atomic E-state index is 14.3. The van der Waals surface area contributed by atoms with Crippen molar-refractivity contribution in [2.45, 2.75) is 107 Å². The molecule has 1 aromatic carbocycles. The Morgan fingerprint density at radius 3 is 2.59 bits per heavy atom. The first-order chi connectivity index (χ1) is 24.2. The molecule has 0 unspecified atom stereocenters. The van der Waals surface area contributed by atoms with Crippen LogP contribution in [-0.2, 0) is 29.1 Å². The second-order valence-electron chi connectivity index (χ2n) is 14.1. The van der Waals surface area contributed by atoms with Crippen LogP contribution in [0.1, 0.15) is 66.2 Å². The summed E-state index contributed by atoms with van der Waals surface area (Å²) in [5.41, 5.74) is -1.57. The fraction of sp³-hybridized carbons (Fsp3) is 0.571. The number of fused-ring (bicyclic) bond motifs is 3. The molecular formula is C35H45N5O10S. The highest BCUT2D eigenvalue weighted by molar-refractivity contribution is 7.91. The highest BCUT2D eigenvalue weighted by Crippen LogP contribution is 2.47. The molecule has 276 valence electrons. The van der Waals surface area contributed by atoms with Crippen LogP contribution < -0.4 is 24.8 Å². The minimum absolute atomic E-state index is 0.0270. The van der Waals surface area contributed by atoms with Crippen LogP contribution in [-0.4, -0.2) is 101 Å². The van der Waals surface area contributed by atoms with Gasteiger partial charge in [-0.25, -0.2) is 18.2 Å². The Morgan fingerprint density at radius 1 is 1.18 bits per heavy atom. The summed E-state index contributed by atoms with van der Waals surface area (Å²) in [7, 11) is -4.01. The van der Waals surface area contributed by atoms with Crippen LogP contribution in [0.4, 0.5) is 4.79 Å². The lowest BCUT2D eigenvalue weighted by molar-refractivity contribution is -0.144. The molecule has 7 atom stereocenters. The van der Waals surface area contributed by atoms with Gasteiger partial charge in [-0.1, -0.05) is 30.4 Å². The van der Waals surface area contributed by atoms with Gasteiger partial charge in [-0.2, -0.15) is 0 Å². The Labute approximate surface area is 296 Å². The molecule has 2 saturated carbocycles. The minimum atomic E-state index is -4.01. The standard InChI is InChI=1S/C35H45N5O10S/c1-5-48-27-18-36-30(25-13-9-8-12-24(25)27)50-23-16-26-29(41)38-35(32(43)39-51(46,47)34(4)14-15-34)17-22(35)11-7-6-10-20(2)49-21(3)28(37-33(44)45)31(42)40(26)19-23/h7-9,11-13,18,20-23,26,28,37H,5-6,10,14-17,19H2,1-4H3,(H,38,41)(H,39,43)(H,44,45)/t20-,21+,22-,23-,26+,28+,35-/m1/s1. The summed E-state index contributed by atoms with van der Waals surface area (Å²) in [6.45, 7) is 7.14. The second-order valence-corrected chi connectivity index (χ2v) is 16.3. The number of nitrogens with one attached hydrogen (secondary N) is 3. The maximum absolute atomic E-state index is 14.3. The summed E-state index contributed by atoms with van der Waals surface area (Å²) in [5, 5.41) is 16.2. The molecule has 2 aliphatic heterocycles. The number of hydrogen-bond acceptors (Lipinski definition) is 10. The van der Waals surface area contributed by atoms with E-state index in [-0.39, 0.29) is 31.4 Å². The van der Waals surface area contributed by atoms with Crippen molar-refractivity contribution >= 4 is 44.6 Å². The van der Waals surface area contributed by atoms with E-state index in [2.05, 4.69) is 20.3 Å². The van der Waals surface area contributed by atoms with Crippen LogP contribution in [0.5, 0.6) is 11.6 Å². The monoisotopic (exact) mass is 727 g/mol. The van der Waals surface area contributed by atoms with E-state index >= 15 is 0 Å². The van der Waals surface area contributed by atoms with Gasteiger partial charge in [0.05, 0.1) is 36.3 Å². The highest BCUT2D eigenvalue weighted by atomic mass is 32.2. The van der Waals surface area contributed by atoms with Gasteiger partial charge in [0.15, 0.2) is 0 Å². The van der Waals surface area contributed by atoms with Crippen LogP contribution in [0.2, 0.25) is 0 Å². The highest BCUT2D eigenvalue weighted by Gasteiger charge is 2.63. The lowest BCUT2D eigenvalue weighted by atomic mass is 10.1. The molecule has 3 fully saturated rings. The predicted octanol–water partition coefficient (Wildman–Crippen LogP) is 2.64. The Hall–Kier alpha value is -4.44. The van der Waals surface area contributed by atoms with E-state index in [1.165, 1.54) is 4.90 Å². The van der Waals surface area contributed by atoms with Crippen molar-refractivity contribution in [2.75, 3.05) is 13.2 Å². The molecule has 3 heterocycles. The Bertz CT molecular complexity index is 1850. The zero-order valence-corrected chi connectivity index (χ0v) is 29.9. The minimum Gasteiger partial charge on any atom is -0.492 e. The van der Waals surface area contributed by atoms with E-state index in [4.69, 9.17) is 14.2 Å². The maximum Gasteiger partial charge on any atom is 0.405 e. The van der Waals surface area contributed by atoms with Crippen LogP contribution in [0.15, 0.2) is 42.6 Å². The van der Waals surface area contributed by atoms with Crippen molar-refractivity contribution in [1.82, 2.24) is 25.2 Å². The molecule has 4 amide bonds. The largest absolute Gasteiger partial charge is 0.492 e. The van der Waals surface area contributed by atoms with E-state index in [0.29, 0.717) is 43.4 Å². The quantitative estimate of drug-likeness (QED) is 0.291. The summed E-state index contributed by atoms with van der Waals surface area (Å²) < 4.78 is 45.5. The van der Waals surface area contributed by atoms with Gasteiger partial charge in [-0.3, -0.25) is 19.1 Å². The first-order valence-electron chi connectivity index (χ1n) is 17.4. The van der Waals surface area contributed by atoms with E-state index in [1.54, 1.807) is 26.1 Å². The van der Waals surface area contributed by atoms with Crippen molar-refractivity contribution in [1.29, 1.82) is 0 Å². The molecule has 0 radical (unpaired) electrons. The van der Waals surface area contributed by atoms with Crippen LogP contribution in [0, 0.1) is 5.92 Å². The summed E-state index contributed by atoms with van der Waals surface area (Å²) >= 11 is 0. The fourth-order valence-electron chi connectivity index (χ4n) is 6.90. The summed E-state index contributed by atoms with van der Waals surface area (Å²) in [6.07, 6.45) is 3.70. The first kappa shape index (κ1) is 36.4. The number of benzene rings is 1. The average Bonchev–Trinajstić information content (AvgIpc) is 3.96. The first-order valence-corrected chi connectivity index (χ1v) is 18.8. The summed E-state index contributed by atoms with van der Waals surface area (Å²) in [5.74, 6) is -1.94. The van der Waals surface area contributed by atoms with Gasteiger partial charge in [-0.05, 0) is 65.9 Å². The second kappa shape index (κ2) is 13.9. The van der Waals surface area contributed by atoms with Gasteiger partial charge in [-0.15, -0.1) is 0 Å². The summed E-state index contributed by atoms with van der Waals surface area (Å²) in [6, 6.07) is 4.77. The third kappa shape index (κ3) is 7.34. The molecule has 16 heteroatoms.